The fraction of sp³-hybridized carbons (Fsp3) is 0.692. The smallest absolute Gasteiger partial charge is 0.236 e. The van der Waals surface area contributed by atoms with Gasteiger partial charge in [0, 0.05) is 10.9 Å². The number of hydrogen-bond donors (Lipinski definition) is 2. The van der Waals surface area contributed by atoms with Crippen molar-refractivity contribution in [2.24, 2.45) is 11.1 Å². The second-order valence-electron chi connectivity index (χ2n) is 5.59. The van der Waals surface area contributed by atoms with Crippen LogP contribution in [0.1, 0.15) is 30.3 Å². The highest BCUT2D eigenvalue weighted by Gasteiger charge is 2.44. The minimum atomic E-state index is -0.647. The monoisotopic (exact) mass is 281 g/mol. The fourth-order valence-electron chi connectivity index (χ4n) is 2.57. The largest absolute Gasteiger partial charge is 0.379 e. The van der Waals surface area contributed by atoms with E-state index in [9.17, 15) is 4.79 Å². The van der Waals surface area contributed by atoms with Crippen molar-refractivity contribution in [3.05, 3.63) is 10.6 Å². The molecule has 19 heavy (non-hydrogen) atoms. The van der Waals surface area contributed by atoms with Gasteiger partial charge < -0.3 is 15.8 Å². The molecular formula is C13H19N3O2S. The van der Waals surface area contributed by atoms with Crippen LogP contribution in [-0.4, -0.2) is 30.1 Å². The van der Waals surface area contributed by atoms with Gasteiger partial charge in [0.05, 0.1) is 24.3 Å². The van der Waals surface area contributed by atoms with Gasteiger partial charge in [-0.15, -0.1) is 11.3 Å². The van der Waals surface area contributed by atoms with E-state index < -0.39 is 5.41 Å². The standard InChI is InChI=1S/C13H19N3O2S/c1-13(7-18-6-10(13)14)11(17)16-12-15-8-4-2-3-5-9(8)19-12/h10H,2-7,14H2,1H3,(H,15,16,17). The van der Waals surface area contributed by atoms with Crippen molar-refractivity contribution < 1.29 is 9.53 Å². The molecule has 3 rings (SSSR count). The molecule has 0 spiro atoms. The Kier molecular flexibility index (Phi) is 3.32. The van der Waals surface area contributed by atoms with E-state index >= 15 is 0 Å². The first-order chi connectivity index (χ1) is 9.09. The number of nitrogens with zero attached hydrogens (tertiary/aromatic N) is 1. The normalized spacial score (nSPS) is 30.1. The highest BCUT2D eigenvalue weighted by molar-refractivity contribution is 7.15. The van der Waals surface area contributed by atoms with Crippen molar-refractivity contribution >= 4 is 22.4 Å². The van der Waals surface area contributed by atoms with Crippen molar-refractivity contribution in [2.75, 3.05) is 18.5 Å². The van der Waals surface area contributed by atoms with Crippen LogP contribution in [0.25, 0.3) is 0 Å². The molecule has 2 aliphatic rings. The molecule has 1 aromatic heterocycles. The van der Waals surface area contributed by atoms with E-state index in [1.54, 1.807) is 11.3 Å². The number of nitrogens with two attached hydrogens (primary N) is 1. The first-order valence-corrected chi connectivity index (χ1v) is 7.54. The molecule has 2 atom stereocenters. The molecule has 2 heterocycles. The lowest BCUT2D eigenvalue weighted by Gasteiger charge is -2.24. The first-order valence-electron chi connectivity index (χ1n) is 6.73. The third-order valence-electron chi connectivity index (χ3n) is 4.10. The van der Waals surface area contributed by atoms with Gasteiger partial charge in [0.25, 0.3) is 0 Å². The van der Waals surface area contributed by atoms with Gasteiger partial charge >= 0.3 is 0 Å². The third-order valence-corrected chi connectivity index (χ3v) is 5.18. The molecule has 0 radical (unpaired) electrons. The summed E-state index contributed by atoms with van der Waals surface area (Å²) in [5.74, 6) is -0.0800. The van der Waals surface area contributed by atoms with Gasteiger partial charge in [0.15, 0.2) is 5.13 Å². The molecule has 1 saturated heterocycles. The van der Waals surface area contributed by atoms with E-state index in [0.29, 0.717) is 18.3 Å². The molecule has 1 aliphatic heterocycles. The van der Waals surface area contributed by atoms with Gasteiger partial charge in [0.1, 0.15) is 0 Å². The maximum absolute atomic E-state index is 12.4. The molecule has 104 valence electrons. The molecule has 0 aromatic carbocycles. The first kappa shape index (κ1) is 13.0. The van der Waals surface area contributed by atoms with Crippen molar-refractivity contribution in [3.8, 4) is 0 Å². The van der Waals surface area contributed by atoms with E-state index in [2.05, 4.69) is 10.3 Å². The van der Waals surface area contributed by atoms with Crippen LogP contribution < -0.4 is 11.1 Å². The van der Waals surface area contributed by atoms with Gasteiger partial charge in [-0.3, -0.25) is 4.79 Å². The van der Waals surface area contributed by atoms with Crippen LogP contribution in [0.15, 0.2) is 0 Å². The summed E-state index contributed by atoms with van der Waals surface area (Å²) < 4.78 is 5.31. The molecule has 1 aromatic rings. The Morgan fingerprint density at radius 3 is 3.00 bits per heavy atom. The van der Waals surface area contributed by atoms with Crippen LogP contribution in [0.2, 0.25) is 0 Å². The van der Waals surface area contributed by atoms with E-state index in [1.807, 2.05) is 6.92 Å². The third kappa shape index (κ3) is 2.28. The number of aryl methyl sites for hydroxylation is 2. The number of nitrogens with one attached hydrogen (secondary N) is 1. The number of fused-ring (bicyclic) bond motifs is 1. The number of aromatic nitrogens is 1. The zero-order chi connectivity index (χ0) is 13.5. The molecule has 1 aliphatic carbocycles. The Bertz CT molecular complexity index is 479. The quantitative estimate of drug-likeness (QED) is 0.857. The Labute approximate surface area is 116 Å². The lowest BCUT2D eigenvalue weighted by molar-refractivity contribution is -0.125. The Balaban J connectivity index is 1.74. The number of thiazole rings is 1. The lowest BCUT2D eigenvalue weighted by Crippen LogP contribution is -2.47. The molecule has 6 heteroatoms. The van der Waals surface area contributed by atoms with Crippen LogP contribution in [0.4, 0.5) is 5.13 Å². The van der Waals surface area contributed by atoms with E-state index in [1.165, 1.54) is 17.7 Å². The second-order valence-corrected chi connectivity index (χ2v) is 6.67. The molecule has 0 saturated carbocycles. The zero-order valence-electron chi connectivity index (χ0n) is 11.1. The summed E-state index contributed by atoms with van der Waals surface area (Å²) in [7, 11) is 0. The average molecular weight is 281 g/mol. The average Bonchev–Trinajstić information content (AvgIpc) is 2.94. The van der Waals surface area contributed by atoms with Gasteiger partial charge in [0.2, 0.25) is 5.91 Å². The van der Waals surface area contributed by atoms with Crippen LogP contribution in [0.5, 0.6) is 0 Å². The minimum Gasteiger partial charge on any atom is -0.379 e. The molecule has 5 nitrogen and oxygen atoms in total. The van der Waals surface area contributed by atoms with E-state index in [-0.39, 0.29) is 11.9 Å². The fourth-order valence-corrected chi connectivity index (χ4v) is 3.61. The predicted molar refractivity (Wildman–Crippen MR) is 74.3 cm³/mol. The van der Waals surface area contributed by atoms with Crippen LogP contribution >= 0.6 is 11.3 Å². The Morgan fingerprint density at radius 1 is 1.53 bits per heavy atom. The van der Waals surface area contributed by atoms with Crippen molar-refractivity contribution in [1.82, 2.24) is 4.98 Å². The van der Waals surface area contributed by atoms with Crippen molar-refractivity contribution in [2.45, 2.75) is 38.6 Å². The summed E-state index contributed by atoms with van der Waals surface area (Å²) in [4.78, 5) is 18.2. The van der Waals surface area contributed by atoms with Crippen molar-refractivity contribution in [3.63, 3.8) is 0 Å². The SMILES string of the molecule is CC1(C(=O)Nc2nc3c(s2)CCCC3)COCC1N. The van der Waals surface area contributed by atoms with Gasteiger partial charge in [-0.25, -0.2) is 4.98 Å². The number of rotatable bonds is 2. The predicted octanol–water partition coefficient (Wildman–Crippen LogP) is 1.32. The van der Waals surface area contributed by atoms with Crippen LogP contribution in [0.3, 0.4) is 0 Å². The molecule has 2 unspecified atom stereocenters. The van der Waals surface area contributed by atoms with Crippen molar-refractivity contribution in [1.29, 1.82) is 0 Å². The van der Waals surface area contributed by atoms with Gasteiger partial charge in [-0.1, -0.05) is 0 Å². The second kappa shape index (κ2) is 4.85. The van der Waals surface area contributed by atoms with E-state index in [0.717, 1.165) is 18.5 Å². The minimum absolute atomic E-state index is 0.0800. The van der Waals surface area contributed by atoms with Gasteiger partial charge in [-0.05, 0) is 32.6 Å². The Morgan fingerprint density at radius 2 is 2.32 bits per heavy atom. The van der Waals surface area contributed by atoms with Crippen LogP contribution in [0, 0.1) is 5.41 Å². The number of ether oxygens (including phenoxy) is 1. The Hall–Kier alpha value is -0.980. The van der Waals surface area contributed by atoms with Gasteiger partial charge in [-0.2, -0.15) is 0 Å². The highest BCUT2D eigenvalue weighted by atomic mass is 32.1. The summed E-state index contributed by atoms with van der Waals surface area (Å²) in [5.41, 5.74) is 6.47. The van der Waals surface area contributed by atoms with Crippen LogP contribution in [-0.2, 0) is 22.4 Å². The molecule has 0 bridgehead atoms. The molecule has 1 amide bonds. The van der Waals surface area contributed by atoms with E-state index in [4.69, 9.17) is 10.5 Å². The number of hydrogen-bond acceptors (Lipinski definition) is 5. The number of carbonyl (C=O) groups excluding carboxylic acids is 1. The highest BCUT2D eigenvalue weighted by Crippen LogP contribution is 2.32. The molecular weight excluding hydrogens is 262 g/mol. The summed E-state index contributed by atoms with van der Waals surface area (Å²) >= 11 is 1.60. The summed E-state index contributed by atoms with van der Waals surface area (Å²) in [6.45, 7) is 2.68. The lowest BCUT2D eigenvalue weighted by atomic mass is 9.85. The summed E-state index contributed by atoms with van der Waals surface area (Å²) in [6, 6.07) is -0.248. The molecule has 1 fully saturated rings. The molecule has 3 N–H and O–H groups in total. The number of carbonyl (C=O) groups is 1. The maximum atomic E-state index is 12.4. The summed E-state index contributed by atoms with van der Waals surface area (Å²) in [5, 5.41) is 3.63. The zero-order valence-corrected chi connectivity index (χ0v) is 11.9. The maximum Gasteiger partial charge on any atom is 0.236 e. The number of amides is 1. The topological polar surface area (TPSA) is 77.2 Å². The number of anilines is 1. The summed E-state index contributed by atoms with van der Waals surface area (Å²) in [6.07, 6.45) is 4.53.